The highest BCUT2D eigenvalue weighted by Crippen LogP contribution is 2.23. The van der Waals surface area contributed by atoms with Gasteiger partial charge in [-0.3, -0.25) is 68.7 Å². The SMILES string of the molecule is CC(=O)N(O)CCCC(C(=O)NC(=O)C(CO)NC(=O)C(NC(=O)C(N)CCCCN)C(C)O)N(C(=O)C(C)NC(=O)C1CCN=C(C(Cc2ccc(O)cc2)NC(=O)CCC(N)C(=O)O)N1)C1CCCN(O)C1=O. The third-order valence-corrected chi connectivity index (χ3v) is 12.4. The Hall–Kier alpha value is -6.89. The second kappa shape index (κ2) is 30.5. The smallest absolute Gasteiger partial charge is 0.320 e. The van der Waals surface area contributed by atoms with Crippen LogP contribution in [0.4, 0.5) is 0 Å². The summed E-state index contributed by atoms with van der Waals surface area (Å²) in [5, 5.41) is 75.8. The van der Waals surface area contributed by atoms with Gasteiger partial charge in [0, 0.05) is 33.0 Å². The average molecular weight is 1060 g/mol. The van der Waals surface area contributed by atoms with E-state index >= 15 is 0 Å². The van der Waals surface area contributed by atoms with Crippen molar-refractivity contribution in [3.8, 4) is 5.75 Å². The Balaban J connectivity index is 1.92. The summed E-state index contributed by atoms with van der Waals surface area (Å²) in [6.07, 6.45) is -1.43. The number of hydrogen-bond acceptors (Lipinski definition) is 20. The number of carbonyl (C=O) groups excluding carboxylic acids is 9. The fourth-order valence-electron chi connectivity index (χ4n) is 8.04. The molecule has 2 aliphatic rings. The van der Waals surface area contributed by atoms with Crippen molar-refractivity contribution in [3.05, 3.63) is 29.8 Å². The molecule has 29 heteroatoms. The van der Waals surface area contributed by atoms with Crippen LogP contribution in [0, 0.1) is 0 Å². The van der Waals surface area contributed by atoms with Crippen molar-refractivity contribution in [2.24, 2.45) is 22.2 Å². The van der Waals surface area contributed by atoms with E-state index in [-0.39, 0.29) is 76.0 Å². The molecule has 0 saturated carbocycles. The number of imide groups is 1. The quantitative estimate of drug-likeness (QED) is 0.0203. The molecular weight excluding hydrogens is 991 g/mol. The van der Waals surface area contributed by atoms with Crippen molar-refractivity contribution in [1.29, 1.82) is 0 Å². The van der Waals surface area contributed by atoms with Gasteiger partial charge < -0.3 is 69.1 Å². The molecule has 2 heterocycles. The van der Waals surface area contributed by atoms with Crippen LogP contribution in [0.5, 0.6) is 5.75 Å². The molecule has 0 aromatic heterocycles. The summed E-state index contributed by atoms with van der Waals surface area (Å²) < 4.78 is 0. The number of amidine groups is 1. The first-order valence-corrected chi connectivity index (χ1v) is 24.6. The molecule has 10 unspecified atom stereocenters. The van der Waals surface area contributed by atoms with E-state index in [4.69, 9.17) is 17.2 Å². The van der Waals surface area contributed by atoms with Gasteiger partial charge in [-0.15, -0.1) is 0 Å². The number of hydroxylamine groups is 4. The summed E-state index contributed by atoms with van der Waals surface area (Å²) in [4.78, 5) is 138. The zero-order chi connectivity index (χ0) is 56.1. The van der Waals surface area contributed by atoms with Crippen LogP contribution in [0.15, 0.2) is 29.3 Å². The van der Waals surface area contributed by atoms with Crippen molar-refractivity contribution >= 4 is 65.0 Å². The third kappa shape index (κ3) is 19.4. The minimum absolute atomic E-state index is 0.0272. The number of unbranched alkanes of at least 4 members (excludes halogenated alkanes) is 1. The van der Waals surface area contributed by atoms with Gasteiger partial charge in [-0.1, -0.05) is 18.6 Å². The number of phenolic OH excluding ortho intramolecular Hbond substituents is 1. The molecular formula is C46H73N13O16. The van der Waals surface area contributed by atoms with E-state index in [0.717, 1.165) is 18.7 Å². The van der Waals surface area contributed by atoms with Gasteiger partial charge in [0.15, 0.2) is 0 Å². The average Bonchev–Trinajstić information content (AvgIpc) is 3.36. The highest BCUT2D eigenvalue weighted by molar-refractivity contribution is 6.04. The maximum atomic E-state index is 14.8. The standard InChI is InChI=1S/C46H73N13O16/c1-24(51-40(66)31-17-19-50-38(53-31)32(22-27-11-13-28(63)14-12-27)52-36(64)16-15-30(49)46(72)73)44(70)59(35-10-7-21-58(75)45(35)71)34(9-6-20-57(74)26(3)62)42(68)56-41(67)33(23-60)54-43(69)37(25(2)61)55-39(65)29(48)8-4-5-18-47/h11-14,24-25,29-35,37,60-61,63,74-75H,4-10,15-23,47-49H2,1-3H3,(H,50,53)(H,51,66)(H,52,64)(H,54,69)(H,55,65)(H,72,73)(H,56,67,68). The number of amides is 9. The van der Waals surface area contributed by atoms with Crippen LogP contribution in [0.1, 0.15) is 90.5 Å². The van der Waals surface area contributed by atoms with Gasteiger partial charge in [0.25, 0.3) is 11.8 Å². The molecule has 2 aliphatic heterocycles. The number of phenols is 1. The highest BCUT2D eigenvalue weighted by Gasteiger charge is 2.44. The number of aliphatic carboxylic acids is 1. The number of aliphatic hydroxyl groups excluding tert-OH is 2. The summed E-state index contributed by atoms with van der Waals surface area (Å²) in [5.41, 5.74) is 17.6. The Morgan fingerprint density at radius 2 is 1.56 bits per heavy atom. The van der Waals surface area contributed by atoms with E-state index in [1.807, 2.05) is 5.32 Å². The molecule has 1 fully saturated rings. The fourth-order valence-corrected chi connectivity index (χ4v) is 8.04. The Morgan fingerprint density at radius 1 is 0.880 bits per heavy atom. The predicted molar refractivity (Wildman–Crippen MR) is 262 cm³/mol. The maximum Gasteiger partial charge on any atom is 0.320 e. The van der Waals surface area contributed by atoms with Crippen LogP contribution in [-0.2, 0) is 54.4 Å². The number of aliphatic hydroxyl groups is 2. The Bertz CT molecular complexity index is 2200. The van der Waals surface area contributed by atoms with Crippen LogP contribution >= 0.6 is 0 Å². The Morgan fingerprint density at radius 3 is 2.17 bits per heavy atom. The lowest BCUT2D eigenvalue weighted by atomic mass is 9.98. The molecule has 1 aromatic carbocycles. The molecule has 0 aliphatic carbocycles. The van der Waals surface area contributed by atoms with Crippen molar-refractivity contribution in [2.75, 3.05) is 32.8 Å². The zero-order valence-corrected chi connectivity index (χ0v) is 42.2. The molecule has 75 heavy (non-hydrogen) atoms. The Labute approximate surface area is 432 Å². The number of nitrogens with two attached hydrogens (primary N) is 3. The molecule has 10 atom stereocenters. The van der Waals surface area contributed by atoms with Gasteiger partial charge in [-0.25, -0.2) is 10.1 Å². The number of aromatic hydroxyl groups is 1. The van der Waals surface area contributed by atoms with Crippen LogP contribution in [0.3, 0.4) is 0 Å². The van der Waals surface area contributed by atoms with Gasteiger partial charge in [0.05, 0.1) is 24.8 Å². The van der Waals surface area contributed by atoms with Crippen LogP contribution < -0.4 is 49.1 Å². The zero-order valence-electron chi connectivity index (χ0n) is 42.2. The molecule has 9 amide bonds. The van der Waals surface area contributed by atoms with Crippen molar-refractivity contribution in [2.45, 2.75) is 152 Å². The van der Waals surface area contributed by atoms with E-state index < -0.39 is 139 Å². The molecule has 29 nitrogen and oxygen atoms in total. The first kappa shape index (κ1) is 62.4. The van der Waals surface area contributed by atoms with Gasteiger partial charge >= 0.3 is 5.97 Å². The van der Waals surface area contributed by atoms with Crippen LogP contribution in [0.2, 0.25) is 0 Å². The second-order valence-corrected chi connectivity index (χ2v) is 18.3. The number of aliphatic imine (C=N–C) groups is 1. The van der Waals surface area contributed by atoms with E-state index in [9.17, 15) is 78.8 Å². The molecule has 418 valence electrons. The van der Waals surface area contributed by atoms with E-state index in [0.29, 0.717) is 35.1 Å². The first-order chi connectivity index (χ1) is 35.4. The highest BCUT2D eigenvalue weighted by atomic mass is 16.5. The van der Waals surface area contributed by atoms with E-state index in [2.05, 4.69) is 31.6 Å². The summed E-state index contributed by atoms with van der Waals surface area (Å²) in [6, 6.07) is -7.10. The van der Waals surface area contributed by atoms with Gasteiger partial charge in [-0.05, 0) is 95.9 Å². The summed E-state index contributed by atoms with van der Waals surface area (Å²) in [5.74, 6) is -10.2. The molecule has 0 spiro atoms. The molecule has 3 rings (SSSR count). The third-order valence-electron chi connectivity index (χ3n) is 12.4. The van der Waals surface area contributed by atoms with Gasteiger partial charge in [0.1, 0.15) is 53.9 Å². The predicted octanol–water partition coefficient (Wildman–Crippen LogP) is -5.09. The molecule has 1 aromatic rings. The number of carboxylic acid groups (broad SMARTS) is 1. The lowest BCUT2D eigenvalue weighted by Crippen LogP contribution is -2.65. The number of benzene rings is 1. The topological polar surface area (TPSA) is 464 Å². The summed E-state index contributed by atoms with van der Waals surface area (Å²) >= 11 is 0. The number of nitrogens with one attached hydrogen (secondary N) is 6. The van der Waals surface area contributed by atoms with Crippen molar-refractivity contribution in [3.63, 3.8) is 0 Å². The molecule has 18 N–H and O–H groups in total. The number of nitrogens with zero attached hydrogens (tertiary/aromatic N) is 4. The lowest BCUT2D eigenvalue weighted by Gasteiger charge is -2.41. The summed E-state index contributed by atoms with van der Waals surface area (Å²) in [6.45, 7) is 2.08. The molecule has 0 bridgehead atoms. The van der Waals surface area contributed by atoms with Crippen molar-refractivity contribution < 1.29 is 78.8 Å². The van der Waals surface area contributed by atoms with Crippen LogP contribution in [0.25, 0.3) is 0 Å². The van der Waals surface area contributed by atoms with E-state index in [1.165, 1.54) is 19.1 Å². The number of carbonyl (C=O) groups is 10. The maximum absolute atomic E-state index is 14.8. The fraction of sp³-hybridized carbons (Fsp3) is 0.630. The monoisotopic (exact) mass is 1060 g/mol. The minimum Gasteiger partial charge on any atom is -0.508 e. The van der Waals surface area contributed by atoms with Crippen LogP contribution in [-0.4, -0.2) is 204 Å². The number of piperidine rings is 1. The van der Waals surface area contributed by atoms with E-state index in [1.54, 1.807) is 12.1 Å². The number of rotatable bonds is 29. The largest absolute Gasteiger partial charge is 0.508 e. The van der Waals surface area contributed by atoms with Gasteiger partial charge in [0.2, 0.25) is 41.4 Å². The normalized spacial score (nSPS) is 18.7. The number of carboxylic acids is 1. The lowest BCUT2D eigenvalue weighted by molar-refractivity contribution is -0.182. The minimum atomic E-state index is -1.93. The second-order valence-electron chi connectivity index (χ2n) is 18.3. The first-order valence-electron chi connectivity index (χ1n) is 24.6. The molecule has 1 saturated heterocycles. The molecule has 0 radical (unpaired) electrons. The number of hydrogen-bond donors (Lipinski definition) is 15. The Kier molecular flexibility index (Phi) is 25.4. The van der Waals surface area contributed by atoms with Gasteiger partial charge in [-0.2, -0.15) is 0 Å². The summed E-state index contributed by atoms with van der Waals surface area (Å²) in [7, 11) is 0. The van der Waals surface area contributed by atoms with Crippen molar-refractivity contribution in [1.82, 2.24) is 46.9 Å².